The summed E-state index contributed by atoms with van der Waals surface area (Å²) in [4.78, 5) is 47.7. The normalized spacial score (nSPS) is 37.4. The van der Waals surface area contributed by atoms with Crippen LogP contribution in [-0.2, 0) is 47.5 Å². The number of rotatable bonds is 18. The molecule has 0 aromatic carbocycles. The van der Waals surface area contributed by atoms with E-state index in [-0.39, 0.29) is 33.0 Å². The molecule has 3 rings (SSSR count). The van der Waals surface area contributed by atoms with Crippen LogP contribution in [-0.4, -0.2) is 192 Å². The van der Waals surface area contributed by atoms with Gasteiger partial charge in [-0.1, -0.05) is 6.92 Å². The van der Waals surface area contributed by atoms with Crippen molar-refractivity contribution in [3.05, 3.63) is 0 Å². The Labute approximate surface area is 306 Å². The summed E-state index contributed by atoms with van der Waals surface area (Å²) in [5.41, 5.74) is 0. The number of aliphatic hydroxyl groups excluding tert-OH is 6. The smallest absolute Gasteiger partial charge is 0.450 e. The van der Waals surface area contributed by atoms with E-state index in [0.29, 0.717) is 6.42 Å². The van der Waals surface area contributed by atoms with Crippen LogP contribution in [0, 0.1) is 11.8 Å². The molecular weight excluding hydrogens is 714 g/mol. The van der Waals surface area contributed by atoms with Crippen LogP contribution in [0.4, 0.5) is 4.79 Å². The van der Waals surface area contributed by atoms with E-state index in [4.69, 9.17) is 33.2 Å². The Kier molecular flexibility index (Phi) is 17.9. The number of hydrogen-bond acceptors (Lipinski definition) is 17. The van der Waals surface area contributed by atoms with Crippen LogP contribution in [0.3, 0.4) is 0 Å². The summed E-state index contributed by atoms with van der Waals surface area (Å²) in [5, 5.41) is 78.7. The fourth-order valence-corrected chi connectivity index (χ4v) is 6.95. The average molecular weight is 770 g/mol. The van der Waals surface area contributed by atoms with Crippen LogP contribution in [0.2, 0.25) is 0 Å². The maximum absolute atomic E-state index is 12.5. The zero-order valence-corrected chi connectivity index (χ0v) is 30.1. The molecule has 21 nitrogen and oxygen atoms in total. The van der Waals surface area contributed by atoms with E-state index in [1.54, 1.807) is 0 Å². The predicted molar refractivity (Wildman–Crippen MR) is 176 cm³/mol. The van der Waals surface area contributed by atoms with Crippen molar-refractivity contribution < 1.29 is 88.1 Å². The molecule has 0 saturated carbocycles. The third kappa shape index (κ3) is 12.1. The Morgan fingerprint density at radius 1 is 0.604 bits per heavy atom. The fourth-order valence-electron chi connectivity index (χ4n) is 6.95. The molecule has 3 amide bonds. The van der Waals surface area contributed by atoms with Gasteiger partial charge in [0.1, 0.15) is 42.7 Å². The molecule has 21 heteroatoms. The number of ether oxygens (including phenoxy) is 7. The Hall–Kier alpha value is -2.80. The van der Waals surface area contributed by atoms with Gasteiger partial charge >= 0.3 is 6.16 Å². The number of nitrogens with one attached hydrogen (secondary N) is 3. The van der Waals surface area contributed by atoms with Crippen molar-refractivity contribution in [3.8, 4) is 0 Å². The highest BCUT2D eigenvalue weighted by molar-refractivity contribution is 5.74. The summed E-state index contributed by atoms with van der Waals surface area (Å²) in [6.07, 6.45) is -13.3. The maximum Gasteiger partial charge on any atom is 0.506 e. The van der Waals surface area contributed by atoms with Crippen LogP contribution in [0.15, 0.2) is 0 Å². The largest absolute Gasteiger partial charge is 0.506 e. The third-order valence-corrected chi connectivity index (χ3v) is 9.31. The first-order chi connectivity index (χ1) is 25.2. The first kappa shape index (κ1) is 44.6. The molecule has 3 fully saturated rings. The molecule has 0 aromatic heterocycles. The van der Waals surface area contributed by atoms with Crippen LogP contribution >= 0.6 is 0 Å². The lowest BCUT2D eigenvalue weighted by Crippen LogP contribution is -2.66. The van der Waals surface area contributed by atoms with E-state index in [1.165, 1.54) is 13.8 Å². The lowest BCUT2D eigenvalue weighted by Gasteiger charge is -2.47. The number of carbonyl (C=O) groups excluding carboxylic acids is 3. The molecular formula is C32H55N3O18. The van der Waals surface area contributed by atoms with E-state index in [9.17, 15) is 54.9 Å². The zero-order chi connectivity index (χ0) is 39.4. The predicted octanol–water partition coefficient (Wildman–Crippen LogP) is -4.42. The van der Waals surface area contributed by atoms with Crippen LogP contribution in [0.25, 0.3) is 0 Å². The van der Waals surface area contributed by atoms with Crippen LogP contribution < -0.4 is 16.0 Å². The number of amides is 3. The first-order valence-corrected chi connectivity index (χ1v) is 17.5. The summed E-state index contributed by atoms with van der Waals surface area (Å²) in [6.45, 7) is 2.99. The van der Waals surface area contributed by atoms with Gasteiger partial charge in [-0.15, -0.1) is 0 Å². The van der Waals surface area contributed by atoms with Crippen LogP contribution in [0.5, 0.6) is 0 Å². The molecule has 0 aromatic rings. The number of aliphatic hydroxyl groups is 6. The lowest BCUT2D eigenvalue weighted by molar-refractivity contribution is -0.250. The Bertz CT molecular complexity index is 1180. The van der Waals surface area contributed by atoms with Gasteiger partial charge in [-0.3, -0.25) is 14.4 Å². The second-order valence-corrected chi connectivity index (χ2v) is 13.3. The average Bonchev–Trinajstić information content (AvgIpc) is 3.09. The van der Waals surface area contributed by atoms with E-state index in [0.717, 1.165) is 6.92 Å². The molecule has 10 N–H and O–H groups in total. The highest BCUT2D eigenvalue weighted by Gasteiger charge is 2.50. The van der Waals surface area contributed by atoms with Crippen molar-refractivity contribution in [2.75, 3.05) is 52.9 Å². The maximum atomic E-state index is 12.5. The molecule has 15 atom stereocenters. The van der Waals surface area contributed by atoms with Gasteiger partial charge in [0.15, 0.2) is 6.29 Å². The molecule has 6 unspecified atom stereocenters. The molecule has 53 heavy (non-hydrogen) atoms. The molecule has 0 spiro atoms. The molecule has 0 bridgehead atoms. The third-order valence-electron chi connectivity index (χ3n) is 9.31. The van der Waals surface area contributed by atoms with E-state index in [2.05, 4.69) is 16.0 Å². The van der Waals surface area contributed by atoms with Gasteiger partial charge in [0.2, 0.25) is 17.7 Å². The quantitative estimate of drug-likeness (QED) is 0.0588. The van der Waals surface area contributed by atoms with Crippen molar-refractivity contribution in [2.24, 2.45) is 11.8 Å². The summed E-state index contributed by atoms with van der Waals surface area (Å²) in [7, 11) is 0. The van der Waals surface area contributed by atoms with Gasteiger partial charge in [0, 0.05) is 33.3 Å². The minimum Gasteiger partial charge on any atom is -0.450 e. The van der Waals surface area contributed by atoms with Crippen molar-refractivity contribution in [1.29, 1.82) is 0 Å². The molecule has 0 radical (unpaired) electrons. The molecule has 0 aliphatic carbocycles. The number of carbonyl (C=O) groups is 4. The molecule has 3 aliphatic rings. The summed E-state index contributed by atoms with van der Waals surface area (Å²) >= 11 is 0. The summed E-state index contributed by atoms with van der Waals surface area (Å²) < 4.78 is 40.6. The Morgan fingerprint density at radius 2 is 1.08 bits per heavy atom. The fraction of sp³-hybridized carbons (Fsp3) is 0.875. The zero-order valence-electron chi connectivity index (χ0n) is 30.1. The molecule has 3 saturated heterocycles. The topological polar surface area (TPSA) is 311 Å². The van der Waals surface area contributed by atoms with Gasteiger partial charge in [-0.2, -0.15) is 0 Å². The Balaban J connectivity index is 1.80. The monoisotopic (exact) mass is 769 g/mol. The summed E-state index contributed by atoms with van der Waals surface area (Å²) in [6, 6.07) is -3.31. The summed E-state index contributed by atoms with van der Waals surface area (Å²) in [5.74, 6) is -3.31. The van der Waals surface area contributed by atoms with Crippen molar-refractivity contribution >= 4 is 23.9 Å². The standard InChI is InChI=1S/C32H55N3O18/c1-5-6-49-29-17(10-47-12-22-24(33-14(2)39)28(43)27(42)21(9-38)51-22)19(7-36)50-23(25(29)34-15(3)40)13-48-11-18-20(8-37)52-31(44)26(35-16(4)41)30(18)53-32(45)46/h17-31,36-38,42-44H,5-13H2,1-4H3,(H,33,39)(H,34,40)(H,35,41)(H,45,46)/t17-,18-,19?,20?,21?,22+,23+,24?,25?,26?,27-,28-,29+,30+,31-/m1/s1. The second kappa shape index (κ2) is 21.3. The molecule has 3 aliphatic heterocycles. The van der Waals surface area contributed by atoms with Gasteiger partial charge in [-0.25, -0.2) is 4.79 Å². The number of hydrogen-bond donors (Lipinski definition) is 10. The minimum atomic E-state index is -1.71. The highest BCUT2D eigenvalue weighted by atomic mass is 16.7. The Morgan fingerprint density at radius 3 is 1.58 bits per heavy atom. The van der Waals surface area contributed by atoms with Gasteiger partial charge in [-0.05, 0) is 6.42 Å². The minimum absolute atomic E-state index is 0.142. The van der Waals surface area contributed by atoms with Crippen molar-refractivity contribution in [1.82, 2.24) is 16.0 Å². The SMILES string of the molecule is CCCO[C@@H]1C(NC(C)=O)[C@H](COC[C@@H]2C(CO)O[C@@H](O)C(NC(C)=O)[C@H]2OC(=O)O)OC(CO)[C@H]1COC[C@@H]1OC(CO)[C@@H](O)[C@H](O)C1NC(C)=O. The van der Waals surface area contributed by atoms with Crippen molar-refractivity contribution in [2.45, 2.75) is 113 Å². The highest BCUT2D eigenvalue weighted by Crippen LogP contribution is 2.32. The number of carboxylic acid groups (broad SMARTS) is 1. The van der Waals surface area contributed by atoms with Crippen LogP contribution in [0.1, 0.15) is 34.1 Å². The van der Waals surface area contributed by atoms with E-state index >= 15 is 0 Å². The second-order valence-electron chi connectivity index (χ2n) is 13.3. The van der Waals surface area contributed by atoms with E-state index < -0.39 is 135 Å². The molecule has 3 heterocycles. The van der Waals surface area contributed by atoms with Gasteiger partial charge in [0.25, 0.3) is 0 Å². The molecule has 306 valence electrons. The lowest BCUT2D eigenvalue weighted by atomic mass is 9.85. The first-order valence-electron chi connectivity index (χ1n) is 17.5. The van der Waals surface area contributed by atoms with Crippen molar-refractivity contribution in [3.63, 3.8) is 0 Å². The van der Waals surface area contributed by atoms with Gasteiger partial charge < -0.3 is 84.9 Å². The van der Waals surface area contributed by atoms with Gasteiger partial charge in [0.05, 0.1) is 82.6 Å². The van der Waals surface area contributed by atoms with E-state index in [1.807, 2.05) is 6.92 Å².